The molecule has 2 aromatic heterocycles. The van der Waals surface area contributed by atoms with E-state index in [1.165, 1.54) is 4.90 Å². The summed E-state index contributed by atoms with van der Waals surface area (Å²) in [6, 6.07) is 14.3. The fraction of sp³-hybridized carbons (Fsp3) is 0.521. The molecule has 2 aliphatic heterocycles. The van der Waals surface area contributed by atoms with Crippen LogP contribution in [0, 0.1) is 5.92 Å². The Morgan fingerprint density at radius 1 is 0.924 bits per heavy atom. The lowest BCUT2D eigenvalue weighted by atomic mass is 10.0. The van der Waals surface area contributed by atoms with E-state index in [2.05, 4.69) is 15.4 Å². The first-order valence-electron chi connectivity index (χ1n) is 23.5. The number of nitrogens with one attached hydrogen (secondary N) is 3. The molecule has 4 fully saturated rings. The van der Waals surface area contributed by atoms with Gasteiger partial charge in [0.05, 0.1) is 23.0 Å². The highest BCUT2D eigenvalue weighted by Gasteiger charge is 2.62. The van der Waals surface area contributed by atoms with Gasteiger partial charge in [0, 0.05) is 48.0 Å². The molecule has 0 bridgehead atoms. The van der Waals surface area contributed by atoms with E-state index in [4.69, 9.17) is 19.6 Å². The van der Waals surface area contributed by atoms with Gasteiger partial charge in [0.15, 0.2) is 5.65 Å². The molecule has 18 heteroatoms. The van der Waals surface area contributed by atoms with Crippen LogP contribution < -0.4 is 20.1 Å². The Bertz CT molecular complexity index is 2660. The summed E-state index contributed by atoms with van der Waals surface area (Å²) >= 11 is 0. The largest absolute Gasteiger partial charge is 0.472 e. The molecule has 66 heavy (non-hydrogen) atoms. The van der Waals surface area contributed by atoms with Crippen LogP contribution in [0.5, 0.6) is 5.88 Å². The normalized spacial score (nSPS) is 25.5. The number of carbonyl (C=O) groups excluding carboxylic acids is 5. The van der Waals surface area contributed by atoms with E-state index in [1.54, 1.807) is 27.6 Å². The van der Waals surface area contributed by atoms with Gasteiger partial charge in [-0.05, 0) is 102 Å². The average molecular weight is 923 g/mol. The molecule has 5 aliphatic rings. The zero-order chi connectivity index (χ0) is 46.2. The minimum atomic E-state index is -3.93. The van der Waals surface area contributed by atoms with Gasteiger partial charge in [0.2, 0.25) is 27.7 Å². The second kappa shape index (κ2) is 18.7. The van der Waals surface area contributed by atoms with Gasteiger partial charge in [0.1, 0.15) is 29.8 Å². The standard InChI is InChI=1S/C48H58N8O9S/c1-3-54(4-2)44(58)31-22-20-30(21-23-31)39-27-41(56-42(49-39)36-17-12-13-18-37(36)52-56)64-34-26-40-43(57)51-48(46(60)53-66(62,63)35-24-25-35)28-32(48)14-8-6-5-7-9-19-38(45(59)55(40)29-34)50-47(61)65-33-15-10-11-16-33/h8,12-14,17-18,20-23,27,32-35,38,40H,3-7,9-11,15-16,19,24-26,28-29H2,1-2H3,(H,50,61)(H,51,57)(H,53,60)/b14-8-/t32-,34-,38+,40+,48-/m1/s1. The molecule has 5 atom stereocenters. The third kappa shape index (κ3) is 9.33. The van der Waals surface area contributed by atoms with Crippen molar-refractivity contribution in [2.45, 2.75) is 132 Å². The molecule has 5 amide bonds. The number of ether oxygens (including phenoxy) is 2. The number of sulfonamides is 1. The molecule has 0 unspecified atom stereocenters. The Morgan fingerprint density at radius 3 is 2.41 bits per heavy atom. The summed E-state index contributed by atoms with van der Waals surface area (Å²) in [4.78, 5) is 78.2. The van der Waals surface area contributed by atoms with Crippen LogP contribution in [0.15, 0.2) is 66.7 Å². The molecule has 350 valence electrons. The second-order valence-electron chi connectivity index (χ2n) is 18.3. The van der Waals surface area contributed by atoms with E-state index in [9.17, 15) is 32.4 Å². The summed E-state index contributed by atoms with van der Waals surface area (Å²) in [5.74, 6) is -2.18. The van der Waals surface area contributed by atoms with E-state index in [0.717, 1.165) is 49.5 Å². The topological polar surface area (TPSA) is 211 Å². The highest BCUT2D eigenvalue weighted by molar-refractivity contribution is 7.91. The van der Waals surface area contributed by atoms with Gasteiger partial charge < -0.3 is 29.9 Å². The van der Waals surface area contributed by atoms with Crippen LogP contribution >= 0.6 is 0 Å². The quantitative estimate of drug-likeness (QED) is 0.162. The molecule has 3 aliphatic carbocycles. The SMILES string of the molecule is CCN(CC)C(=O)c1ccc(-c2cc(O[C@@H]3C[C@H]4C(=O)N[C@]5(C(=O)NS(=O)(=O)C6CC6)C[C@H]5/C=C\CCCCC[C@H](NC(=O)OC5CCCC5)C(=O)N4C3)n3nc4ccccc4c3n2)cc1. The lowest BCUT2D eigenvalue weighted by molar-refractivity contribution is -0.141. The molecule has 1 saturated heterocycles. The molecule has 3 N–H and O–H groups in total. The number of aromatic nitrogens is 3. The van der Waals surface area contributed by atoms with Gasteiger partial charge in [0.25, 0.3) is 11.8 Å². The minimum absolute atomic E-state index is 0.00248. The predicted molar refractivity (Wildman–Crippen MR) is 245 cm³/mol. The molecular formula is C48H58N8O9S. The maximum absolute atomic E-state index is 14.9. The fourth-order valence-electron chi connectivity index (χ4n) is 9.67. The van der Waals surface area contributed by atoms with Crippen LogP contribution in [-0.2, 0) is 29.1 Å². The molecule has 3 saturated carbocycles. The molecular weight excluding hydrogens is 865 g/mol. The highest BCUT2D eigenvalue weighted by Crippen LogP contribution is 2.46. The minimum Gasteiger partial charge on any atom is -0.472 e. The first kappa shape index (κ1) is 45.1. The first-order valence-corrected chi connectivity index (χ1v) is 25.1. The molecule has 9 rings (SSSR count). The number of fused-ring (bicyclic) bond motifs is 5. The number of benzene rings is 2. The van der Waals surface area contributed by atoms with Gasteiger partial charge in [-0.15, -0.1) is 0 Å². The lowest BCUT2D eigenvalue weighted by Crippen LogP contribution is -2.58. The zero-order valence-corrected chi connectivity index (χ0v) is 38.3. The number of nitrogens with zero attached hydrogens (tertiary/aromatic N) is 5. The van der Waals surface area contributed by atoms with Gasteiger partial charge >= 0.3 is 6.09 Å². The van der Waals surface area contributed by atoms with E-state index >= 15 is 0 Å². The first-order chi connectivity index (χ1) is 31.9. The fourth-order valence-corrected chi connectivity index (χ4v) is 11.0. The van der Waals surface area contributed by atoms with Crippen molar-refractivity contribution in [3.8, 4) is 17.1 Å². The van der Waals surface area contributed by atoms with Crippen LogP contribution in [-0.4, -0.2) is 117 Å². The lowest BCUT2D eigenvalue weighted by Gasteiger charge is -2.30. The maximum Gasteiger partial charge on any atom is 0.408 e. The van der Waals surface area contributed by atoms with Gasteiger partial charge in [-0.25, -0.2) is 18.2 Å². The molecule has 4 aromatic rings. The van der Waals surface area contributed by atoms with Crippen molar-refractivity contribution >= 4 is 56.3 Å². The third-order valence-electron chi connectivity index (χ3n) is 13.7. The van der Waals surface area contributed by atoms with Gasteiger partial charge in [-0.3, -0.25) is 23.9 Å². The van der Waals surface area contributed by atoms with Crippen molar-refractivity contribution in [3.05, 3.63) is 72.3 Å². The van der Waals surface area contributed by atoms with E-state index in [-0.39, 0.29) is 31.4 Å². The summed E-state index contributed by atoms with van der Waals surface area (Å²) in [7, 11) is -3.93. The smallest absolute Gasteiger partial charge is 0.408 e. The van der Waals surface area contributed by atoms with Crippen LogP contribution in [0.25, 0.3) is 27.8 Å². The Morgan fingerprint density at radius 2 is 1.67 bits per heavy atom. The van der Waals surface area contributed by atoms with Crippen LogP contribution in [0.3, 0.4) is 0 Å². The van der Waals surface area contributed by atoms with Crippen molar-refractivity contribution in [1.82, 2.24) is 39.8 Å². The van der Waals surface area contributed by atoms with Crippen molar-refractivity contribution in [2.24, 2.45) is 5.92 Å². The summed E-state index contributed by atoms with van der Waals surface area (Å²) < 4.78 is 42.4. The predicted octanol–water partition coefficient (Wildman–Crippen LogP) is 5.42. The van der Waals surface area contributed by atoms with Gasteiger partial charge in [-0.2, -0.15) is 9.61 Å². The van der Waals surface area contributed by atoms with Crippen LogP contribution in [0.1, 0.15) is 108 Å². The molecule has 17 nitrogen and oxygen atoms in total. The van der Waals surface area contributed by atoms with Crippen molar-refractivity contribution in [1.29, 1.82) is 0 Å². The molecule has 4 heterocycles. The van der Waals surface area contributed by atoms with Crippen molar-refractivity contribution < 1.29 is 41.9 Å². The third-order valence-corrected chi connectivity index (χ3v) is 15.5. The molecule has 0 spiro atoms. The number of hydrogen-bond donors (Lipinski definition) is 3. The summed E-state index contributed by atoms with van der Waals surface area (Å²) in [5, 5.41) is 10.7. The Balaban J connectivity index is 1.05. The Kier molecular flexibility index (Phi) is 12.8. The second-order valence-corrected chi connectivity index (χ2v) is 20.3. The number of amides is 5. The summed E-state index contributed by atoms with van der Waals surface area (Å²) in [5.41, 5.74) is 1.44. The van der Waals surface area contributed by atoms with Crippen molar-refractivity contribution in [2.75, 3.05) is 19.6 Å². The Labute approximate surface area is 384 Å². The van der Waals surface area contributed by atoms with E-state index in [0.29, 0.717) is 73.5 Å². The number of carbonyl (C=O) groups is 5. The highest BCUT2D eigenvalue weighted by atomic mass is 32.2. The van der Waals surface area contributed by atoms with Crippen LogP contribution in [0.2, 0.25) is 0 Å². The Hall–Kier alpha value is -6.04. The summed E-state index contributed by atoms with van der Waals surface area (Å²) in [6.45, 7) is 4.98. The number of rotatable bonds is 11. The molecule has 2 aromatic carbocycles. The number of allylic oxidation sites excluding steroid dienone is 1. The average Bonchev–Trinajstić information content (AvgIpc) is 4.12. The maximum atomic E-state index is 14.9. The van der Waals surface area contributed by atoms with Crippen LogP contribution in [0.4, 0.5) is 4.79 Å². The van der Waals surface area contributed by atoms with E-state index < -0.39 is 68.7 Å². The number of alkyl carbamates (subject to hydrolysis) is 1. The zero-order valence-electron chi connectivity index (χ0n) is 37.4. The number of hydrogen-bond acceptors (Lipinski definition) is 11. The van der Waals surface area contributed by atoms with E-state index in [1.807, 2.05) is 62.4 Å². The monoisotopic (exact) mass is 922 g/mol. The van der Waals surface area contributed by atoms with Gasteiger partial charge in [-0.1, -0.05) is 49.3 Å². The molecule has 0 radical (unpaired) electrons. The van der Waals surface area contributed by atoms with Crippen molar-refractivity contribution in [3.63, 3.8) is 0 Å². The summed E-state index contributed by atoms with van der Waals surface area (Å²) in [6.07, 6.45) is 9.77.